The maximum absolute atomic E-state index is 11.4. The van der Waals surface area contributed by atoms with E-state index in [1.807, 2.05) is 0 Å². The molecule has 0 saturated heterocycles. The number of carbonyl (C=O) groups is 1. The summed E-state index contributed by atoms with van der Waals surface area (Å²) in [5.41, 5.74) is 4.08. The van der Waals surface area contributed by atoms with Crippen LogP contribution < -0.4 is 22.3 Å². The smallest absolute Gasteiger partial charge is 0.332 e. The molecule has 0 atom stereocenters. The lowest BCUT2D eigenvalue weighted by molar-refractivity contribution is -0.105. The second kappa shape index (κ2) is 3.36. The van der Waals surface area contributed by atoms with E-state index in [-0.39, 0.29) is 11.5 Å². The largest absolute Gasteiger partial charge is 0.391 e. The zero-order valence-electron chi connectivity index (χ0n) is 7.77. The number of nitrogens with two attached hydrogens (primary N) is 1. The zero-order chi connectivity index (χ0) is 10.9. The summed E-state index contributed by atoms with van der Waals surface area (Å²) in [7, 11) is 2.72. The van der Waals surface area contributed by atoms with Gasteiger partial charge in [-0.25, -0.2) is 4.79 Å². The van der Waals surface area contributed by atoms with Gasteiger partial charge in [-0.15, -0.1) is 0 Å². The summed E-state index contributed by atoms with van der Waals surface area (Å²) in [6.07, 6.45) is 0.352. The minimum atomic E-state index is -0.627. The van der Waals surface area contributed by atoms with E-state index in [2.05, 4.69) is 5.32 Å². The molecule has 7 heteroatoms. The van der Waals surface area contributed by atoms with Gasteiger partial charge in [-0.05, 0) is 0 Å². The van der Waals surface area contributed by atoms with Crippen LogP contribution in [0.25, 0.3) is 0 Å². The molecule has 1 heterocycles. The van der Waals surface area contributed by atoms with E-state index in [0.717, 1.165) is 9.13 Å². The van der Waals surface area contributed by atoms with Crippen molar-refractivity contribution in [2.24, 2.45) is 14.1 Å². The molecule has 0 aromatic carbocycles. The first kappa shape index (κ1) is 10.0. The van der Waals surface area contributed by atoms with Crippen LogP contribution in [0.5, 0.6) is 0 Å². The van der Waals surface area contributed by atoms with Crippen molar-refractivity contribution in [3.63, 3.8) is 0 Å². The fourth-order valence-corrected chi connectivity index (χ4v) is 1.10. The van der Waals surface area contributed by atoms with E-state index in [0.29, 0.717) is 6.41 Å². The van der Waals surface area contributed by atoms with Crippen LogP contribution in [-0.2, 0) is 18.9 Å². The third kappa shape index (κ3) is 1.28. The zero-order valence-corrected chi connectivity index (χ0v) is 7.77. The highest BCUT2D eigenvalue weighted by molar-refractivity contribution is 5.76. The Bertz CT molecular complexity index is 448. The molecule has 0 fully saturated rings. The normalized spacial score (nSPS) is 9.86. The molecule has 1 amide bonds. The molecule has 0 bridgehead atoms. The van der Waals surface area contributed by atoms with Crippen molar-refractivity contribution in [3.8, 4) is 0 Å². The predicted molar refractivity (Wildman–Crippen MR) is 51.0 cm³/mol. The van der Waals surface area contributed by atoms with E-state index in [4.69, 9.17) is 5.73 Å². The summed E-state index contributed by atoms with van der Waals surface area (Å²) >= 11 is 0. The third-order valence-corrected chi connectivity index (χ3v) is 1.90. The van der Waals surface area contributed by atoms with E-state index >= 15 is 0 Å². The molecule has 1 rings (SSSR count). The number of nitrogens with one attached hydrogen (secondary N) is 1. The molecule has 0 aliphatic heterocycles. The van der Waals surface area contributed by atoms with Gasteiger partial charge in [0.05, 0.1) is 0 Å². The summed E-state index contributed by atoms with van der Waals surface area (Å²) in [5.74, 6) is 0.00750. The number of hydrogen-bond donors (Lipinski definition) is 2. The first-order valence-electron chi connectivity index (χ1n) is 3.76. The average Bonchev–Trinajstić information content (AvgIpc) is 2.19. The molecule has 1 aromatic rings. The Labute approximate surface area is 78.8 Å². The Kier molecular flexibility index (Phi) is 2.41. The fraction of sp³-hybridized carbons (Fsp3) is 0.286. The summed E-state index contributed by atoms with van der Waals surface area (Å²) in [6.45, 7) is 0. The number of carbonyl (C=O) groups excluding carboxylic acids is 1. The summed E-state index contributed by atoms with van der Waals surface area (Å²) < 4.78 is 1.95. The Morgan fingerprint density at radius 3 is 2.36 bits per heavy atom. The summed E-state index contributed by atoms with van der Waals surface area (Å²) in [5, 5.41) is 2.20. The first-order chi connectivity index (χ1) is 6.50. The Hall–Kier alpha value is -2.05. The fourth-order valence-electron chi connectivity index (χ4n) is 1.10. The quantitative estimate of drug-likeness (QED) is 0.549. The maximum atomic E-state index is 11.4. The van der Waals surface area contributed by atoms with Crippen LogP contribution in [0.15, 0.2) is 9.59 Å². The first-order valence-corrected chi connectivity index (χ1v) is 3.76. The van der Waals surface area contributed by atoms with Gasteiger partial charge in [0.15, 0.2) is 0 Å². The molecule has 1 aromatic heterocycles. The number of nitrogen functional groups attached to an aromatic ring is 1. The van der Waals surface area contributed by atoms with Crippen molar-refractivity contribution >= 4 is 17.9 Å². The maximum Gasteiger partial charge on any atom is 0.332 e. The van der Waals surface area contributed by atoms with Crippen LogP contribution in [0.3, 0.4) is 0 Å². The van der Waals surface area contributed by atoms with Crippen LogP contribution in [0.2, 0.25) is 0 Å². The summed E-state index contributed by atoms with van der Waals surface area (Å²) in [6, 6.07) is 0. The standard InChI is InChI=1S/C7H10N4O3/c1-10-5(9-3-12)4(8)6(13)11(2)7(10)14/h3H,8H2,1-2H3,(H,9,12). The SMILES string of the molecule is Cn1c(NC=O)c(N)c(=O)n(C)c1=O. The molecule has 14 heavy (non-hydrogen) atoms. The van der Waals surface area contributed by atoms with Crippen LogP contribution in [0, 0.1) is 0 Å². The van der Waals surface area contributed by atoms with Crippen LogP contribution in [-0.4, -0.2) is 15.5 Å². The van der Waals surface area contributed by atoms with Gasteiger partial charge in [-0.3, -0.25) is 18.7 Å². The van der Waals surface area contributed by atoms with Gasteiger partial charge in [-0.2, -0.15) is 0 Å². The van der Waals surface area contributed by atoms with Gasteiger partial charge in [-0.1, -0.05) is 0 Å². The topological polar surface area (TPSA) is 99.1 Å². The Morgan fingerprint density at radius 2 is 1.86 bits per heavy atom. The van der Waals surface area contributed by atoms with Gasteiger partial charge in [0.25, 0.3) is 5.56 Å². The Balaban J connectivity index is 3.68. The number of aromatic nitrogens is 2. The molecule has 0 saturated carbocycles. The van der Waals surface area contributed by atoms with Gasteiger partial charge < -0.3 is 11.1 Å². The van der Waals surface area contributed by atoms with E-state index in [1.165, 1.54) is 14.1 Å². The molecular formula is C7H10N4O3. The number of hydrogen-bond acceptors (Lipinski definition) is 4. The van der Waals surface area contributed by atoms with Crippen molar-refractivity contribution in [2.75, 3.05) is 11.1 Å². The van der Waals surface area contributed by atoms with Gasteiger partial charge in [0.2, 0.25) is 6.41 Å². The number of anilines is 2. The molecular weight excluding hydrogens is 188 g/mol. The monoisotopic (exact) mass is 198 g/mol. The molecule has 0 spiro atoms. The molecule has 0 aliphatic carbocycles. The second-order valence-electron chi connectivity index (χ2n) is 2.73. The lowest BCUT2D eigenvalue weighted by Crippen LogP contribution is -2.39. The molecule has 0 unspecified atom stereocenters. The number of rotatable bonds is 2. The minimum absolute atomic E-state index is 0.00750. The van der Waals surface area contributed by atoms with Gasteiger partial charge in [0, 0.05) is 14.1 Å². The highest BCUT2D eigenvalue weighted by Gasteiger charge is 2.11. The van der Waals surface area contributed by atoms with Crippen molar-refractivity contribution in [2.45, 2.75) is 0 Å². The number of amides is 1. The van der Waals surface area contributed by atoms with Crippen LogP contribution in [0.4, 0.5) is 11.5 Å². The molecule has 0 aliphatic rings. The average molecular weight is 198 g/mol. The van der Waals surface area contributed by atoms with E-state index in [1.54, 1.807) is 0 Å². The minimum Gasteiger partial charge on any atom is -0.391 e. The highest BCUT2D eigenvalue weighted by Crippen LogP contribution is 2.07. The lowest BCUT2D eigenvalue weighted by atomic mass is 10.4. The third-order valence-electron chi connectivity index (χ3n) is 1.90. The lowest BCUT2D eigenvalue weighted by Gasteiger charge is -2.10. The molecule has 7 nitrogen and oxygen atoms in total. The summed E-state index contributed by atoms with van der Waals surface area (Å²) in [4.78, 5) is 32.9. The molecule has 0 radical (unpaired) electrons. The highest BCUT2D eigenvalue weighted by atomic mass is 16.2. The van der Waals surface area contributed by atoms with Crippen molar-refractivity contribution < 1.29 is 4.79 Å². The van der Waals surface area contributed by atoms with Gasteiger partial charge >= 0.3 is 5.69 Å². The van der Waals surface area contributed by atoms with Crippen LogP contribution in [0.1, 0.15) is 0 Å². The van der Waals surface area contributed by atoms with Gasteiger partial charge in [0.1, 0.15) is 11.5 Å². The Morgan fingerprint density at radius 1 is 1.29 bits per heavy atom. The number of nitrogens with zero attached hydrogens (tertiary/aromatic N) is 2. The second-order valence-corrected chi connectivity index (χ2v) is 2.73. The van der Waals surface area contributed by atoms with Crippen molar-refractivity contribution in [1.82, 2.24) is 9.13 Å². The molecule has 76 valence electrons. The van der Waals surface area contributed by atoms with E-state index < -0.39 is 11.2 Å². The molecule has 3 N–H and O–H groups in total. The van der Waals surface area contributed by atoms with E-state index in [9.17, 15) is 14.4 Å². The van der Waals surface area contributed by atoms with Crippen molar-refractivity contribution in [3.05, 3.63) is 20.8 Å². The predicted octanol–water partition coefficient (Wildman–Crippen LogP) is -1.77. The van der Waals surface area contributed by atoms with Crippen LogP contribution >= 0.6 is 0 Å². The van der Waals surface area contributed by atoms with Crippen molar-refractivity contribution in [1.29, 1.82) is 0 Å².